The van der Waals surface area contributed by atoms with Gasteiger partial charge in [-0.05, 0) is 25.2 Å². The summed E-state index contributed by atoms with van der Waals surface area (Å²) in [5.41, 5.74) is 0. The summed E-state index contributed by atoms with van der Waals surface area (Å²) in [5, 5.41) is 6.74. The van der Waals surface area contributed by atoms with Crippen LogP contribution >= 0.6 is 24.2 Å². The molecule has 0 bridgehead atoms. The Morgan fingerprint density at radius 1 is 1.40 bits per heavy atom. The minimum atomic E-state index is 0. The highest BCUT2D eigenvalue weighted by Gasteiger charge is 2.28. The van der Waals surface area contributed by atoms with Gasteiger partial charge < -0.3 is 10.6 Å². The van der Waals surface area contributed by atoms with Crippen LogP contribution in [0.3, 0.4) is 0 Å². The highest BCUT2D eigenvalue weighted by molar-refractivity contribution is 7.99. The molecule has 20 heavy (non-hydrogen) atoms. The molecule has 1 heterocycles. The molecule has 0 aromatic carbocycles. The molecular formula is C15H29ClN2OS. The number of rotatable bonds is 6. The van der Waals surface area contributed by atoms with E-state index in [1.54, 1.807) is 0 Å². The summed E-state index contributed by atoms with van der Waals surface area (Å²) in [6.45, 7) is 3.29. The molecule has 2 fully saturated rings. The van der Waals surface area contributed by atoms with Crippen molar-refractivity contribution in [2.24, 2.45) is 5.92 Å². The fourth-order valence-corrected chi connectivity index (χ4v) is 4.23. The summed E-state index contributed by atoms with van der Waals surface area (Å²) in [5.74, 6) is 3.25. The molecule has 0 spiro atoms. The molecule has 2 aliphatic rings. The highest BCUT2D eigenvalue weighted by Crippen LogP contribution is 2.30. The Hall–Kier alpha value is 0.0700. The van der Waals surface area contributed by atoms with E-state index in [0.717, 1.165) is 18.2 Å². The molecule has 3 unspecified atom stereocenters. The first kappa shape index (κ1) is 18.1. The van der Waals surface area contributed by atoms with Crippen LogP contribution in [0, 0.1) is 5.92 Å². The molecular weight excluding hydrogens is 292 g/mol. The lowest BCUT2D eigenvalue weighted by atomic mass is 9.96. The number of amides is 1. The summed E-state index contributed by atoms with van der Waals surface area (Å²) in [4.78, 5) is 12.1. The number of unbranched alkanes of at least 4 members (excludes halogenated alkanes) is 1. The van der Waals surface area contributed by atoms with Crippen LogP contribution in [0.15, 0.2) is 0 Å². The standard InChI is InChI=1S/C15H28N2OS.ClH/c1-2-3-5-12-6-4-7-14(12)17-15(18)10-13-11-19-9-8-16-13;/h12-14,16H,2-11H2,1H3,(H,17,18);1H. The van der Waals surface area contributed by atoms with E-state index in [2.05, 4.69) is 17.6 Å². The van der Waals surface area contributed by atoms with Crippen molar-refractivity contribution in [1.29, 1.82) is 0 Å². The third-order valence-corrected chi connectivity index (χ3v) is 5.50. The predicted octanol–water partition coefficient (Wildman–Crippen LogP) is 2.98. The van der Waals surface area contributed by atoms with Crippen LogP contribution in [0.2, 0.25) is 0 Å². The second-order valence-corrected chi connectivity index (χ2v) is 7.09. The van der Waals surface area contributed by atoms with Gasteiger partial charge in [0.15, 0.2) is 0 Å². The Balaban J connectivity index is 0.00000200. The van der Waals surface area contributed by atoms with Gasteiger partial charge in [-0.1, -0.05) is 26.2 Å². The number of carbonyl (C=O) groups excluding carboxylic acids is 1. The van der Waals surface area contributed by atoms with Crippen molar-refractivity contribution in [3.8, 4) is 0 Å². The molecule has 2 rings (SSSR count). The third kappa shape index (κ3) is 5.82. The molecule has 3 atom stereocenters. The van der Waals surface area contributed by atoms with Crippen molar-refractivity contribution < 1.29 is 4.79 Å². The van der Waals surface area contributed by atoms with Gasteiger partial charge in [0.1, 0.15) is 0 Å². The Labute approximate surface area is 133 Å². The first-order valence-corrected chi connectivity index (χ1v) is 9.05. The van der Waals surface area contributed by atoms with Gasteiger partial charge in [0.2, 0.25) is 5.91 Å². The minimum absolute atomic E-state index is 0. The number of hydrogen-bond acceptors (Lipinski definition) is 3. The van der Waals surface area contributed by atoms with Gasteiger partial charge in [-0.3, -0.25) is 4.79 Å². The zero-order valence-electron chi connectivity index (χ0n) is 12.5. The molecule has 0 aromatic heterocycles. The lowest BCUT2D eigenvalue weighted by Gasteiger charge is -2.25. The Morgan fingerprint density at radius 3 is 2.95 bits per heavy atom. The van der Waals surface area contributed by atoms with E-state index in [1.165, 1.54) is 44.3 Å². The first-order valence-electron chi connectivity index (χ1n) is 7.90. The first-order chi connectivity index (χ1) is 9.29. The van der Waals surface area contributed by atoms with Crippen LogP contribution < -0.4 is 10.6 Å². The maximum absolute atomic E-state index is 12.1. The maximum atomic E-state index is 12.1. The van der Waals surface area contributed by atoms with Crippen molar-refractivity contribution in [3.63, 3.8) is 0 Å². The van der Waals surface area contributed by atoms with Crippen molar-refractivity contribution in [3.05, 3.63) is 0 Å². The fraction of sp³-hybridized carbons (Fsp3) is 0.933. The summed E-state index contributed by atoms with van der Waals surface area (Å²) in [6, 6.07) is 0.838. The van der Waals surface area contributed by atoms with Crippen LogP contribution in [-0.2, 0) is 4.79 Å². The normalized spacial score (nSPS) is 29.8. The van der Waals surface area contributed by atoms with E-state index in [9.17, 15) is 4.79 Å². The Morgan fingerprint density at radius 2 is 2.25 bits per heavy atom. The van der Waals surface area contributed by atoms with Gasteiger partial charge >= 0.3 is 0 Å². The van der Waals surface area contributed by atoms with Crippen LogP contribution in [0.25, 0.3) is 0 Å². The van der Waals surface area contributed by atoms with Gasteiger partial charge in [-0.25, -0.2) is 0 Å². The SMILES string of the molecule is CCCCC1CCCC1NC(=O)CC1CSCCN1.Cl. The topological polar surface area (TPSA) is 41.1 Å². The second kappa shape index (κ2) is 9.91. The largest absolute Gasteiger partial charge is 0.353 e. The second-order valence-electron chi connectivity index (χ2n) is 5.94. The van der Waals surface area contributed by atoms with Crippen molar-refractivity contribution >= 4 is 30.1 Å². The van der Waals surface area contributed by atoms with Crippen LogP contribution in [-0.4, -0.2) is 36.0 Å². The van der Waals surface area contributed by atoms with Crippen molar-refractivity contribution in [1.82, 2.24) is 10.6 Å². The summed E-state index contributed by atoms with van der Waals surface area (Å²) in [7, 11) is 0. The lowest BCUT2D eigenvalue weighted by molar-refractivity contribution is -0.122. The number of thioether (sulfide) groups is 1. The van der Waals surface area contributed by atoms with Gasteiger partial charge in [0.05, 0.1) is 0 Å². The number of carbonyl (C=O) groups is 1. The molecule has 0 aromatic rings. The molecule has 118 valence electrons. The van der Waals surface area contributed by atoms with E-state index >= 15 is 0 Å². The highest BCUT2D eigenvalue weighted by atomic mass is 35.5. The van der Waals surface area contributed by atoms with E-state index < -0.39 is 0 Å². The molecule has 1 aliphatic heterocycles. The molecule has 0 radical (unpaired) electrons. The average molecular weight is 321 g/mol. The summed E-state index contributed by atoms with van der Waals surface area (Å²) < 4.78 is 0. The molecule has 1 saturated heterocycles. The summed E-state index contributed by atoms with van der Waals surface area (Å²) in [6.07, 6.45) is 8.30. The van der Waals surface area contributed by atoms with E-state index in [4.69, 9.17) is 0 Å². The lowest BCUT2D eigenvalue weighted by Crippen LogP contribution is -2.44. The fourth-order valence-electron chi connectivity index (χ4n) is 3.28. The zero-order valence-corrected chi connectivity index (χ0v) is 14.2. The van der Waals surface area contributed by atoms with Gasteiger partial charge in [0, 0.05) is 36.6 Å². The number of halogens is 1. The minimum Gasteiger partial charge on any atom is -0.353 e. The van der Waals surface area contributed by atoms with Gasteiger partial charge in [0.25, 0.3) is 0 Å². The number of nitrogens with one attached hydrogen (secondary N) is 2. The van der Waals surface area contributed by atoms with Crippen LogP contribution in [0.5, 0.6) is 0 Å². The van der Waals surface area contributed by atoms with E-state index in [1.807, 2.05) is 11.8 Å². The third-order valence-electron chi connectivity index (χ3n) is 4.36. The van der Waals surface area contributed by atoms with Gasteiger partial charge in [-0.15, -0.1) is 12.4 Å². The Bertz CT molecular complexity index is 285. The maximum Gasteiger partial charge on any atom is 0.221 e. The van der Waals surface area contributed by atoms with Crippen molar-refractivity contribution in [2.45, 2.75) is 64.0 Å². The number of hydrogen-bond donors (Lipinski definition) is 2. The molecule has 1 aliphatic carbocycles. The van der Waals surface area contributed by atoms with Crippen molar-refractivity contribution in [2.75, 3.05) is 18.1 Å². The monoisotopic (exact) mass is 320 g/mol. The molecule has 5 heteroatoms. The van der Waals surface area contributed by atoms with E-state index in [0.29, 0.717) is 18.5 Å². The predicted molar refractivity (Wildman–Crippen MR) is 89.8 cm³/mol. The molecule has 3 nitrogen and oxygen atoms in total. The molecule has 1 amide bonds. The molecule has 1 saturated carbocycles. The zero-order chi connectivity index (χ0) is 13.5. The smallest absolute Gasteiger partial charge is 0.221 e. The Kier molecular flexibility index (Phi) is 8.98. The van der Waals surface area contributed by atoms with Crippen LogP contribution in [0.4, 0.5) is 0 Å². The van der Waals surface area contributed by atoms with Gasteiger partial charge in [-0.2, -0.15) is 11.8 Å². The van der Waals surface area contributed by atoms with E-state index in [-0.39, 0.29) is 18.3 Å². The average Bonchev–Trinajstić information content (AvgIpc) is 2.84. The quantitative estimate of drug-likeness (QED) is 0.790. The molecule has 2 N–H and O–H groups in total. The van der Waals surface area contributed by atoms with Crippen LogP contribution in [0.1, 0.15) is 51.9 Å². The summed E-state index contributed by atoms with van der Waals surface area (Å²) >= 11 is 1.96.